The first-order valence-corrected chi connectivity index (χ1v) is 8.02. The Morgan fingerprint density at radius 2 is 1.91 bits per heavy atom. The van der Waals surface area contributed by atoms with Crippen LogP contribution in [0.25, 0.3) is 0 Å². The van der Waals surface area contributed by atoms with Gasteiger partial charge in [0.15, 0.2) is 0 Å². The van der Waals surface area contributed by atoms with E-state index in [1.54, 1.807) is 11.0 Å². The van der Waals surface area contributed by atoms with E-state index in [-0.39, 0.29) is 22.9 Å². The molecule has 0 bridgehead atoms. The van der Waals surface area contributed by atoms with E-state index in [4.69, 9.17) is 0 Å². The Morgan fingerprint density at radius 3 is 2.45 bits per heavy atom. The number of carbonyl (C=O) groups excluding carboxylic acids is 1. The van der Waals surface area contributed by atoms with Gasteiger partial charge < -0.3 is 10.2 Å². The van der Waals surface area contributed by atoms with Crippen LogP contribution in [0.4, 0.5) is 0 Å². The van der Waals surface area contributed by atoms with Crippen molar-refractivity contribution in [3.05, 3.63) is 27.7 Å². The fourth-order valence-corrected chi connectivity index (χ4v) is 2.51. The van der Waals surface area contributed by atoms with Crippen LogP contribution in [0.1, 0.15) is 49.7 Å². The van der Waals surface area contributed by atoms with Gasteiger partial charge >= 0.3 is 0 Å². The molecule has 2 heterocycles. The Balaban J connectivity index is 2.42. The lowest BCUT2D eigenvalue weighted by molar-refractivity contribution is 0.0732. The first-order chi connectivity index (χ1) is 10.4. The van der Waals surface area contributed by atoms with Crippen molar-refractivity contribution in [2.45, 2.75) is 40.2 Å². The standard InChI is InChI=1S/C16H26N4O2/c1-11(2)10-20-16(22)13(9-14(18-20)12(3)4)15(21)19-7-5-17-6-8-19/h9,11-12,17H,5-8,10H2,1-4H3. The number of aromatic nitrogens is 2. The molecule has 1 N–H and O–H groups in total. The second kappa shape index (κ2) is 7.05. The van der Waals surface area contributed by atoms with Gasteiger partial charge in [-0.15, -0.1) is 0 Å². The molecule has 1 saturated heterocycles. The Hall–Kier alpha value is -1.69. The van der Waals surface area contributed by atoms with E-state index >= 15 is 0 Å². The molecule has 1 aliphatic rings. The molecular formula is C16H26N4O2. The summed E-state index contributed by atoms with van der Waals surface area (Å²) in [6.07, 6.45) is 0. The molecule has 6 nitrogen and oxygen atoms in total. The van der Waals surface area contributed by atoms with Gasteiger partial charge in [0.05, 0.1) is 5.69 Å². The summed E-state index contributed by atoms with van der Waals surface area (Å²) >= 11 is 0. The number of hydrogen-bond acceptors (Lipinski definition) is 4. The van der Waals surface area contributed by atoms with E-state index < -0.39 is 0 Å². The summed E-state index contributed by atoms with van der Waals surface area (Å²) in [5.41, 5.74) is 0.765. The molecule has 0 aromatic carbocycles. The fraction of sp³-hybridized carbons (Fsp3) is 0.688. The van der Waals surface area contributed by atoms with E-state index in [2.05, 4.69) is 10.4 Å². The minimum Gasteiger partial charge on any atom is -0.336 e. The van der Waals surface area contributed by atoms with Crippen molar-refractivity contribution in [1.82, 2.24) is 20.0 Å². The Kier molecular flexibility index (Phi) is 5.34. The van der Waals surface area contributed by atoms with Gasteiger partial charge in [0.2, 0.25) is 0 Å². The zero-order valence-corrected chi connectivity index (χ0v) is 13.9. The highest BCUT2D eigenvalue weighted by atomic mass is 16.2. The van der Waals surface area contributed by atoms with Crippen LogP contribution in [-0.4, -0.2) is 46.8 Å². The van der Waals surface area contributed by atoms with Gasteiger partial charge in [-0.2, -0.15) is 5.10 Å². The van der Waals surface area contributed by atoms with Gasteiger partial charge in [0.1, 0.15) is 5.56 Å². The lowest BCUT2D eigenvalue weighted by Gasteiger charge is -2.27. The van der Waals surface area contributed by atoms with Crippen LogP contribution in [0.5, 0.6) is 0 Å². The average molecular weight is 306 g/mol. The molecule has 1 fully saturated rings. The summed E-state index contributed by atoms with van der Waals surface area (Å²) in [6, 6.07) is 1.67. The minimum absolute atomic E-state index is 0.173. The summed E-state index contributed by atoms with van der Waals surface area (Å²) < 4.78 is 1.45. The highest BCUT2D eigenvalue weighted by molar-refractivity contribution is 5.94. The van der Waals surface area contributed by atoms with Gasteiger partial charge in [-0.3, -0.25) is 9.59 Å². The van der Waals surface area contributed by atoms with Crippen LogP contribution in [-0.2, 0) is 6.54 Å². The third kappa shape index (κ3) is 3.74. The second-order valence-electron chi connectivity index (χ2n) is 6.56. The van der Waals surface area contributed by atoms with Crippen molar-refractivity contribution in [1.29, 1.82) is 0 Å². The quantitative estimate of drug-likeness (QED) is 0.903. The van der Waals surface area contributed by atoms with Crippen LogP contribution >= 0.6 is 0 Å². The van der Waals surface area contributed by atoms with Crippen LogP contribution in [0.2, 0.25) is 0 Å². The maximum absolute atomic E-state index is 12.7. The van der Waals surface area contributed by atoms with Crippen molar-refractivity contribution in [3.63, 3.8) is 0 Å². The monoisotopic (exact) mass is 306 g/mol. The number of carbonyl (C=O) groups is 1. The van der Waals surface area contributed by atoms with Gasteiger partial charge in [0.25, 0.3) is 11.5 Å². The first kappa shape index (κ1) is 16.7. The van der Waals surface area contributed by atoms with Crippen LogP contribution in [0, 0.1) is 5.92 Å². The van der Waals surface area contributed by atoms with Crippen molar-refractivity contribution < 1.29 is 4.79 Å². The molecule has 1 aromatic heterocycles. The SMILES string of the molecule is CC(C)Cn1nc(C(C)C)cc(C(=O)N2CCNCC2)c1=O. The Bertz CT molecular complexity index is 586. The van der Waals surface area contributed by atoms with E-state index in [0.717, 1.165) is 18.8 Å². The van der Waals surface area contributed by atoms with Gasteiger partial charge in [-0.05, 0) is 17.9 Å². The van der Waals surface area contributed by atoms with Gasteiger partial charge in [-0.25, -0.2) is 4.68 Å². The number of hydrogen-bond donors (Lipinski definition) is 1. The lowest BCUT2D eigenvalue weighted by Crippen LogP contribution is -2.48. The number of nitrogens with zero attached hydrogens (tertiary/aromatic N) is 3. The second-order valence-corrected chi connectivity index (χ2v) is 6.56. The van der Waals surface area contributed by atoms with E-state index in [1.807, 2.05) is 27.7 Å². The molecular weight excluding hydrogens is 280 g/mol. The molecule has 0 aliphatic carbocycles. The molecule has 1 amide bonds. The van der Waals surface area contributed by atoms with E-state index in [0.29, 0.717) is 25.6 Å². The highest BCUT2D eigenvalue weighted by Crippen LogP contribution is 2.13. The van der Waals surface area contributed by atoms with Crippen LogP contribution in [0.15, 0.2) is 10.9 Å². The predicted molar refractivity (Wildman–Crippen MR) is 86.2 cm³/mol. The van der Waals surface area contributed by atoms with Crippen molar-refractivity contribution in [3.8, 4) is 0 Å². The van der Waals surface area contributed by atoms with Crippen molar-refractivity contribution >= 4 is 5.91 Å². The average Bonchev–Trinajstić information content (AvgIpc) is 2.49. The van der Waals surface area contributed by atoms with E-state index in [1.165, 1.54) is 4.68 Å². The Morgan fingerprint density at radius 1 is 1.27 bits per heavy atom. The zero-order valence-electron chi connectivity index (χ0n) is 13.9. The Labute approximate surface area is 131 Å². The minimum atomic E-state index is -0.276. The molecule has 0 spiro atoms. The molecule has 0 radical (unpaired) electrons. The van der Waals surface area contributed by atoms with Crippen LogP contribution < -0.4 is 10.9 Å². The molecule has 0 unspecified atom stereocenters. The molecule has 2 rings (SSSR count). The topological polar surface area (TPSA) is 67.2 Å². The fourth-order valence-electron chi connectivity index (χ4n) is 2.51. The summed E-state index contributed by atoms with van der Waals surface area (Å²) in [6.45, 7) is 11.5. The third-order valence-corrected chi connectivity index (χ3v) is 3.76. The number of piperazine rings is 1. The maximum atomic E-state index is 12.7. The highest BCUT2D eigenvalue weighted by Gasteiger charge is 2.23. The predicted octanol–water partition coefficient (Wildman–Crippen LogP) is 1.07. The summed E-state index contributed by atoms with van der Waals surface area (Å²) in [7, 11) is 0. The molecule has 122 valence electrons. The number of amides is 1. The van der Waals surface area contributed by atoms with Crippen molar-refractivity contribution in [2.24, 2.45) is 5.92 Å². The van der Waals surface area contributed by atoms with Crippen LogP contribution in [0.3, 0.4) is 0 Å². The molecule has 0 saturated carbocycles. The third-order valence-electron chi connectivity index (χ3n) is 3.76. The maximum Gasteiger partial charge on any atom is 0.279 e. The van der Waals surface area contributed by atoms with E-state index in [9.17, 15) is 9.59 Å². The van der Waals surface area contributed by atoms with Crippen molar-refractivity contribution in [2.75, 3.05) is 26.2 Å². The van der Waals surface area contributed by atoms with Gasteiger partial charge in [0, 0.05) is 32.7 Å². The zero-order chi connectivity index (χ0) is 16.3. The normalized spacial score (nSPS) is 15.6. The summed E-state index contributed by atoms with van der Waals surface area (Å²) in [5.74, 6) is 0.302. The largest absolute Gasteiger partial charge is 0.336 e. The summed E-state index contributed by atoms with van der Waals surface area (Å²) in [5, 5.41) is 7.63. The molecule has 0 atom stereocenters. The molecule has 1 aliphatic heterocycles. The smallest absolute Gasteiger partial charge is 0.279 e. The summed E-state index contributed by atoms with van der Waals surface area (Å²) in [4.78, 5) is 27.0. The molecule has 6 heteroatoms. The lowest BCUT2D eigenvalue weighted by atomic mass is 10.1. The molecule has 1 aromatic rings. The first-order valence-electron chi connectivity index (χ1n) is 8.02. The van der Waals surface area contributed by atoms with Gasteiger partial charge in [-0.1, -0.05) is 27.7 Å². The molecule has 22 heavy (non-hydrogen) atoms. The number of rotatable bonds is 4. The number of nitrogens with one attached hydrogen (secondary N) is 1.